The third kappa shape index (κ3) is 6.49. The maximum atomic E-state index is 13.8. The third-order valence-electron chi connectivity index (χ3n) is 6.53. The van der Waals surface area contributed by atoms with Crippen molar-refractivity contribution in [2.75, 3.05) is 13.1 Å². The van der Waals surface area contributed by atoms with E-state index < -0.39 is 27.9 Å². The van der Waals surface area contributed by atoms with Crippen LogP contribution >= 0.6 is 11.6 Å². The molecule has 1 N–H and O–H groups in total. The summed E-state index contributed by atoms with van der Waals surface area (Å²) in [4.78, 5) is 41.4. The van der Waals surface area contributed by atoms with Crippen molar-refractivity contribution in [2.24, 2.45) is 0 Å². The maximum Gasteiger partial charge on any atom is 0.269 e. The Labute approximate surface area is 233 Å². The van der Waals surface area contributed by atoms with Crippen molar-refractivity contribution in [2.45, 2.75) is 43.7 Å². The highest BCUT2D eigenvalue weighted by atomic mass is 35.5. The summed E-state index contributed by atoms with van der Waals surface area (Å²) < 4.78 is 26.7. The van der Waals surface area contributed by atoms with Crippen LogP contribution in [0.3, 0.4) is 0 Å². The van der Waals surface area contributed by atoms with Crippen molar-refractivity contribution >= 4 is 39.3 Å². The van der Waals surface area contributed by atoms with Gasteiger partial charge >= 0.3 is 0 Å². The molecule has 204 valence electrons. The molecule has 39 heavy (non-hydrogen) atoms. The summed E-state index contributed by atoms with van der Waals surface area (Å²) in [6, 6.07) is 21.5. The van der Waals surface area contributed by atoms with Gasteiger partial charge in [0.15, 0.2) is 0 Å². The van der Waals surface area contributed by atoms with Crippen LogP contribution in [0.5, 0.6) is 0 Å². The summed E-state index contributed by atoms with van der Waals surface area (Å²) in [5.41, 5.74) is 1.71. The number of fused-ring (bicyclic) bond motifs is 1. The molecule has 1 aliphatic rings. The number of hydrogen-bond donors (Lipinski definition) is 1. The van der Waals surface area contributed by atoms with Crippen LogP contribution in [0.4, 0.5) is 0 Å². The van der Waals surface area contributed by atoms with Crippen molar-refractivity contribution in [3.8, 4) is 0 Å². The summed E-state index contributed by atoms with van der Waals surface area (Å²) in [5, 5.41) is 3.44. The quantitative estimate of drug-likeness (QED) is 0.377. The molecule has 0 saturated heterocycles. The lowest BCUT2D eigenvalue weighted by atomic mass is 10.0. The number of hydrogen-bond acceptors (Lipinski definition) is 5. The van der Waals surface area contributed by atoms with E-state index in [4.69, 9.17) is 11.6 Å². The van der Waals surface area contributed by atoms with Gasteiger partial charge in [-0.2, -0.15) is 0 Å². The maximum absolute atomic E-state index is 13.8. The Morgan fingerprint density at radius 2 is 1.62 bits per heavy atom. The van der Waals surface area contributed by atoms with Crippen molar-refractivity contribution in [3.05, 3.63) is 101 Å². The number of sulfonamides is 1. The zero-order valence-corrected chi connectivity index (χ0v) is 23.1. The van der Waals surface area contributed by atoms with E-state index in [0.29, 0.717) is 11.6 Å². The fourth-order valence-corrected chi connectivity index (χ4v) is 6.20. The summed E-state index contributed by atoms with van der Waals surface area (Å²) in [6.07, 6.45) is 0.714. The number of nitrogens with zero attached hydrogens (tertiary/aromatic N) is 2. The lowest BCUT2D eigenvalue weighted by molar-refractivity contribution is -0.141. The Bertz CT molecular complexity index is 1450. The Hall–Kier alpha value is -3.69. The lowest BCUT2D eigenvalue weighted by Gasteiger charge is -2.32. The molecular weight excluding hydrogens is 538 g/mol. The lowest BCUT2D eigenvalue weighted by Crippen LogP contribution is -2.51. The fourth-order valence-electron chi connectivity index (χ4n) is 4.50. The van der Waals surface area contributed by atoms with E-state index in [1.54, 1.807) is 36.4 Å². The third-order valence-corrected chi connectivity index (χ3v) is 8.62. The van der Waals surface area contributed by atoms with E-state index in [2.05, 4.69) is 5.32 Å². The van der Waals surface area contributed by atoms with Crippen LogP contribution in [0.2, 0.25) is 5.02 Å². The zero-order valence-electron chi connectivity index (χ0n) is 21.5. The molecule has 0 spiro atoms. The number of benzene rings is 3. The molecular formula is C29H30ClN3O5S. The topological polar surface area (TPSA) is 104 Å². The van der Waals surface area contributed by atoms with Crippen LogP contribution in [0.25, 0.3) is 0 Å². The minimum atomic E-state index is -4.06. The van der Waals surface area contributed by atoms with Gasteiger partial charge in [-0.05, 0) is 41.8 Å². The first-order valence-electron chi connectivity index (χ1n) is 12.7. The second-order valence-corrected chi connectivity index (χ2v) is 11.5. The molecule has 10 heteroatoms. The Kier molecular flexibility index (Phi) is 9.04. The molecule has 0 radical (unpaired) electrons. The largest absolute Gasteiger partial charge is 0.354 e. The summed E-state index contributed by atoms with van der Waals surface area (Å²) >= 11 is 6.05. The van der Waals surface area contributed by atoms with Gasteiger partial charge in [0.2, 0.25) is 11.8 Å². The first-order chi connectivity index (χ1) is 18.7. The minimum Gasteiger partial charge on any atom is -0.354 e. The molecule has 0 saturated carbocycles. The molecule has 4 rings (SSSR count). The van der Waals surface area contributed by atoms with Crippen LogP contribution in [0.15, 0.2) is 83.8 Å². The molecule has 1 atom stereocenters. The van der Waals surface area contributed by atoms with Crippen LogP contribution in [-0.2, 0) is 32.6 Å². The van der Waals surface area contributed by atoms with Gasteiger partial charge in [0.1, 0.15) is 10.9 Å². The van der Waals surface area contributed by atoms with Gasteiger partial charge in [0.25, 0.3) is 15.9 Å². The zero-order chi connectivity index (χ0) is 28.0. The van der Waals surface area contributed by atoms with Gasteiger partial charge in [-0.3, -0.25) is 14.4 Å². The Morgan fingerprint density at radius 3 is 2.28 bits per heavy atom. The molecule has 1 aliphatic heterocycles. The number of carbonyl (C=O) groups is 3. The van der Waals surface area contributed by atoms with Gasteiger partial charge in [-0.1, -0.05) is 73.1 Å². The molecule has 3 amide bonds. The van der Waals surface area contributed by atoms with Gasteiger partial charge in [-0.15, -0.1) is 0 Å². The molecule has 1 heterocycles. The highest BCUT2D eigenvalue weighted by molar-refractivity contribution is 7.90. The van der Waals surface area contributed by atoms with Crippen molar-refractivity contribution < 1.29 is 22.8 Å². The van der Waals surface area contributed by atoms with E-state index in [-0.39, 0.29) is 42.3 Å². The van der Waals surface area contributed by atoms with Crippen molar-refractivity contribution in [1.82, 2.24) is 14.5 Å². The second kappa shape index (κ2) is 12.4. The Morgan fingerprint density at radius 1 is 0.949 bits per heavy atom. The van der Waals surface area contributed by atoms with Crippen LogP contribution in [-0.4, -0.2) is 54.5 Å². The van der Waals surface area contributed by atoms with Gasteiger partial charge in [0, 0.05) is 37.5 Å². The van der Waals surface area contributed by atoms with Gasteiger partial charge in [0.05, 0.1) is 5.56 Å². The predicted molar refractivity (Wildman–Crippen MR) is 149 cm³/mol. The molecule has 3 aromatic carbocycles. The summed E-state index contributed by atoms with van der Waals surface area (Å²) in [5.74, 6) is -1.42. The first-order valence-corrected chi connectivity index (χ1v) is 14.6. The minimum absolute atomic E-state index is 0.0682. The monoisotopic (exact) mass is 567 g/mol. The highest BCUT2D eigenvalue weighted by Crippen LogP contribution is 2.30. The Balaban J connectivity index is 1.62. The molecule has 0 fully saturated rings. The number of amides is 3. The van der Waals surface area contributed by atoms with Gasteiger partial charge in [-0.25, -0.2) is 12.7 Å². The first kappa shape index (κ1) is 28.3. The second-order valence-electron chi connectivity index (χ2n) is 9.27. The predicted octanol–water partition coefficient (Wildman–Crippen LogP) is 4.04. The molecule has 8 nitrogen and oxygen atoms in total. The van der Waals surface area contributed by atoms with Gasteiger partial charge < -0.3 is 10.2 Å². The summed E-state index contributed by atoms with van der Waals surface area (Å²) in [7, 11) is -4.06. The average Bonchev–Trinajstić information content (AvgIpc) is 3.14. The average molecular weight is 568 g/mol. The molecule has 3 aromatic rings. The number of rotatable bonds is 11. The van der Waals surface area contributed by atoms with E-state index in [0.717, 1.165) is 21.9 Å². The molecule has 0 aliphatic carbocycles. The number of halogens is 1. The van der Waals surface area contributed by atoms with E-state index in [1.807, 2.05) is 37.3 Å². The van der Waals surface area contributed by atoms with E-state index in [1.165, 1.54) is 17.0 Å². The summed E-state index contributed by atoms with van der Waals surface area (Å²) in [6.45, 7) is 2.16. The van der Waals surface area contributed by atoms with Crippen molar-refractivity contribution in [1.29, 1.82) is 0 Å². The molecule has 0 aromatic heterocycles. The van der Waals surface area contributed by atoms with Crippen LogP contribution in [0.1, 0.15) is 41.3 Å². The van der Waals surface area contributed by atoms with E-state index >= 15 is 0 Å². The van der Waals surface area contributed by atoms with E-state index in [9.17, 15) is 22.8 Å². The highest BCUT2D eigenvalue weighted by Gasteiger charge is 2.41. The number of nitrogens with one attached hydrogen (secondary N) is 1. The smallest absolute Gasteiger partial charge is 0.269 e. The molecule has 0 bridgehead atoms. The standard InChI is InChI=1S/C29H30ClN3O5S/c1-2-17-31-28(35)25(19-21-8-4-3-5-9-21)32(20-22-12-14-23(30)15-13-22)27(34)16-18-33-29(36)24-10-6-7-11-26(24)39(33,37)38/h3-15,25H,2,16-20H2,1H3,(H,31,35)/t25-/m1/s1. The normalized spacial score (nSPS) is 14.5. The number of carbonyl (C=O) groups excluding carboxylic acids is 3. The van der Waals surface area contributed by atoms with Crippen LogP contribution in [0, 0.1) is 0 Å². The molecule has 0 unspecified atom stereocenters. The van der Waals surface area contributed by atoms with Crippen molar-refractivity contribution in [3.63, 3.8) is 0 Å². The van der Waals surface area contributed by atoms with Crippen LogP contribution < -0.4 is 5.32 Å². The SMILES string of the molecule is CCCNC(=O)[C@@H](Cc1ccccc1)N(Cc1ccc(Cl)cc1)C(=O)CCN1C(=O)c2ccccc2S1(=O)=O. The fraction of sp³-hybridized carbons (Fsp3) is 0.276.